The molecule has 0 bridgehead atoms. The first kappa shape index (κ1) is 16.2. The van der Waals surface area contributed by atoms with Gasteiger partial charge in [-0.05, 0) is 49.8 Å². The Morgan fingerprint density at radius 2 is 1.84 bits per heavy atom. The molecule has 0 spiro atoms. The molecular weight excluding hydrogens is 230 g/mol. The van der Waals surface area contributed by atoms with Crippen molar-refractivity contribution in [3.8, 4) is 0 Å². The van der Waals surface area contributed by atoms with E-state index in [2.05, 4.69) is 52.8 Å². The molecule has 0 amide bonds. The van der Waals surface area contributed by atoms with Gasteiger partial charge in [-0.25, -0.2) is 0 Å². The van der Waals surface area contributed by atoms with Crippen molar-refractivity contribution >= 4 is 0 Å². The summed E-state index contributed by atoms with van der Waals surface area (Å²) < 4.78 is 0. The predicted octanol–water partition coefficient (Wildman–Crippen LogP) is 5.08. The van der Waals surface area contributed by atoms with Crippen molar-refractivity contribution in [2.24, 2.45) is 11.7 Å². The molecule has 1 rings (SSSR count). The Bertz CT molecular complexity index is 393. The first-order valence-corrected chi connectivity index (χ1v) is 7.77. The second-order valence-electron chi connectivity index (χ2n) is 6.34. The fraction of sp³-hybridized carbons (Fsp3) is 0.667. The van der Waals surface area contributed by atoms with Gasteiger partial charge in [0.1, 0.15) is 0 Å². The van der Waals surface area contributed by atoms with Crippen LogP contribution in [0.25, 0.3) is 0 Å². The lowest BCUT2D eigenvalue weighted by Crippen LogP contribution is -2.35. The van der Waals surface area contributed by atoms with Crippen molar-refractivity contribution in [1.82, 2.24) is 0 Å². The van der Waals surface area contributed by atoms with Gasteiger partial charge >= 0.3 is 0 Å². The molecule has 1 nitrogen and oxygen atoms in total. The van der Waals surface area contributed by atoms with Crippen LogP contribution in [0.15, 0.2) is 18.2 Å². The van der Waals surface area contributed by atoms with Crippen LogP contribution in [0.4, 0.5) is 0 Å². The van der Waals surface area contributed by atoms with Crippen LogP contribution in [-0.4, -0.2) is 0 Å². The Morgan fingerprint density at radius 1 is 1.16 bits per heavy atom. The van der Waals surface area contributed by atoms with Crippen LogP contribution >= 0.6 is 0 Å². The lowest BCUT2D eigenvalue weighted by atomic mass is 9.80. The maximum atomic E-state index is 6.61. The quantitative estimate of drug-likeness (QED) is 0.727. The van der Waals surface area contributed by atoms with Crippen molar-refractivity contribution in [3.05, 3.63) is 34.9 Å². The molecule has 2 unspecified atom stereocenters. The molecule has 0 heterocycles. The van der Waals surface area contributed by atoms with Crippen LogP contribution in [0.1, 0.15) is 69.6 Å². The van der Waals surface area contributed by atoms with Gasteiger partial charge in [-0.2, -0.15) is 0 Å². The summed E-state index contributed by atoms with van der Waals surface area (Å²) in [6, 6.07) is 6.67. The monoisotopic (exact) mass is 261 g/mol. The third-order valence-corrected chi connectivity index (χ3v) is 4.42. The third-order valence-electron chi connectivity index (χ3n) is 4.42. The molecule has 0 aromatic heterocycles. The molecule has 0 saturated heterocycles. The van der Waals surface area contributed by atoms with Gasteiger partial charge in [0.15, 0.2) is 0 Å². The number of nitrogens with two attached hydrogens (primary N) is 1. The topological polar surface area (TPSA) is 26.0 Å². The first-order chi connectivity index (χ1) is 8.90. The summed E-state index contributed by atoms with van der Waals surface area (Å²) in [5, 5.41) is 0. The third kappa shape index (κ3) is 4.65. The Balaban J connectivity index is 2.80. The second-order valence-corrected chi connectivity index (χ2v) is 6.34. The minimum atomic E-state index is -0.202. The molecule has 0 aliphatic rings. The molecule has 2 atom stereocenters. The SMILES string of the molecule is CCCCC(CC)CC(C)(N)c1ccc(C)c(C)c1. The van der Waals surface area contributed by atoms with E-state index in [4.69, 9.17) is 5.73 Å². The van der Waals surface area contributed by atoms with E-state index in [-0.39, 0.29) is 5.54 Å². The number of hydrogen-bond acceptors (Lipinski definition) is 1. The number of unbranched alkanes of at least 4 members (excludes halogenated alkanes) is 1. The minimum absolute atomic E-state index is 0.202. The number of rotatable bonds is 7. The molecule has 0 fully saturated rings. The molecular formula is C18H31N. The van der Waals surface area contributed by atoms with Crippen molar-refractivity contribution in [2.75, 3.05) is 0 Å². The zero-order valence-corrected chi connectivity index (χ0v) is 13.4. The molecule has 1 aromatic carbocycles. The van der Waals surface area contributed by atoms with E-state index in [1.54, 1.807) is 0 Å². The molecule has 0 radical (unpaired) electrons. The molecule has 0 aliphatic carbocycles. The summed E-state index contributed by atoms with van der Waals surface area (Å²) in [6.45, 7) is 11.1. The highest BCUT2D eigenvalue weighted by Crippen LogP contribution is 2.30. The fourth-order valence-electron chi connectivity index (χ4n) is 2.76. The van der Waals surface area contributed by atoms with E-state index in [0.29, 0.717) is 0 Å². The van der Waals surface area contributed by atoms with Gasteiger partial charge in [0.05, 0.1) is 0 Å². The van der Waals surface area contributed by atoms with E-state index in [1.165, 1.54) is 42.4 Å². The predicted molar refractivity (Wildman–Crippen MR) is 85.4 cm³/mol. The second kappa shape index (κ2) is 7.09. The largest absolute Gasteiger partial charge is 0.322 e. The van der Waals surface area contributed by atoms with Crippen LogP contribution in [0.5, 0.6) is 0 Å². The van der Waals surface area contributed by atoms with Crippen LogP contribution in [0.3, 0.4) is 0 Å². The maximum absolute atomic E-state index is 6.61. The number of aryl methyl sites for hydroxylation is 2. The van der Waals surface area contributed by atoms with Gasteiger partial charge < -0.3 is 5.73 Å². The Labute approximate surface area is 119 Å². The average molecular weight is 261 g/mol. The Kier molecular flexibility index (Phi) is 6.06. The van der Waals surface area contributed by atoms with Crippen molar-refractivity contribution in [1.29, 1.82) is 0 Å². The van der Waals surface area contributed by atoms with Crippen molar-refractivity contribution < 1.29 is 0 Å². The summed E-state index contributed by atoms with van der Waals surface area (Å²) in [5.41, 5.74) is 10.4. The summed E-state index contributed by atoms with van der Waals surface area (Å²) in [5.74, 6) is 0.747. The highest BCUT2D eigenvalue weighted by Gasteiger charge is 2.25. The first-order valence-electron chi connectivity index (χ1n) is 7.77. The smallest absolute Gasteiger partial charge is 0.0383 e. The van der Waals surface area contributed by atoms with Crippen LogP contribution in [-0.2, 0) is 5.54 Å². The fourth-order valence-corrected chi connectivity index (χ4v) is 2.76. The van der Waals surface area contributed by atoms with Crippen molar-refractivity contribution in [3.63, 3.8) is 0 Å². The summed E-state index contributed by atoms with van der Waals surface area (Å²) in [6.07, 6.45) is 6.23. The molecule has 19 heavy (non-hydrogen) atoms. The van der Waals surface area contributed by atoms with Crippen LogP contribution < -0.4 is 5.73 Å². The molecule has 108 valence electrons. The maximum Gasteiger partial charge on any atom is 0.0383 e. The average Bonchev–Trinajstić information content (AvgIpc) is 2.37. The van der Waals surface area contributed by atoms with Gasteiger partial charge in [-0.3, -0.25) is 0 Å². The highest BCUT2D eigenvalue weighted by molar-refractivity contribution is 5.33. The van der Waals surface area contributed by atoms with E-state index in [1.807, 2.05) is 0 Å². The van der Waals surface area contributed by atoms with Crippen LogP contribution in [0.2, 0.25) is 0 Å². The molecule has 1 heteroatoms. The van der Waals surface area contributed by atoms with Gasteiger partial charge in [0, 0.05) is 5.54 Å². The number of benzene rings is 1. The van der Waals surface area contributed by atoms with Gasteiger partial charge in [0.25, 0.3) is 0 Å². The van der Waals surface area contributed by atoms with Gasteiger partial charge in [-0.1, -0.05) is 57.7 Å². The minimum Gasteiger partial charge on any atom is -0.322 e. The Hall–Kier alpha value is -0.820. The van der Waals surface area contributed by atoms with Crippen molar-refractivity contribution in [2.45, 2.75) is 72.3 Å². The van der Waals surface area contributed by atoms with E-state index in [0.717, 1.165) is 12.3 Å². The molecule has 0 aliphatic heterocycles. The van der Waals surface area contributed by atoms with Gasteiger partial charge in [-0.15, -0.1) is 0 Å². The molecule has 2 N–H and O–H groups in total. The normalized spacial score (nSPS) is 16.1. The van der Waals surface area contributed by atoms with E-state index < -0.39 is 0 Å². The van der Waals surface area contributed by atoms with Crippen LogP contribution in [0, 0.1) is 19.8 Å². The zero-order chi connectivity index (χ0) is 14.5. The number of hydrogen-bond donors (Lipinski definition) is 1. The molecule has 0 saturated carbocycles. The zero-order valence-electron chi connectivity index (χ0n) is 13.4. The van der Waals surface area contributed by atoms with Gasteiger partial charge in [0.2, 0.25) is 0 Å². The summed E-state index contributed by atoms with van der Waals surface area (Å²) >= 11 is 0. The van der Waals surface area contributed by atoms with E-state index >= 15 is 0 Å². The Morgan fingerprint density at radius 3 is 2.37 bits per heavy atom. The standard InChI is InChI=1S/C18H31N/c1-6-8-9-16(7-2)13-18(5,19)17-11-10-14(3)15(4)12-17/h10-12,16H,6-9,13,19H2,1-5H3. The summed E-state index contributed by atoms with van der Waals surface area (Å²) in [7, 11) is 0. The molecule has 1 aromatic rings. The van der Waals surface area contributed by atoms with E-state index in [9.17, 15) is 0 Å². The lowest BCUT2D eigenvalue weighted by molar-refractivity contribution is 0.315. The lowest BCUT2D eigenvalue weighted by Gasteiger charge is -2.30. The summed E-state index contributed by atoms with van der Waals surface area (Å²) in [4.78, 5) is 0. The highest BCUT2D eigenvalue weighted by atomic mass is 14.7.